The molecule has 3 nitrogen and oxygen atoms in total. The molecule has 2 aromatic rings. The average molecular weight is 306 g/mol. The molecule has 0 saturated carbocycles. The minimum absolute atomic E-state index is 0.161. The fourth-order valence-corrected chi connectivity index (χ4v) is 2.85. The zero-order chi connectivity index (χ0) is 15.4. The van der Waals surface area contributed by atoms with E-state index in [0.29, 0.717) is 0 Å². The topological polar surface area (TPSA) is 43.8 Å². The molecule has 1 aromatic heterocycles. The fourth-order valence-electron chi connectivity index (χ4n) is 2.72. The molecule has 1 aromatic carbocycles. The summed E-state index contributed by atoms with van der Waals surface area (Å²) in [5.41, 5.74) is 11.0. The molecule has 0 spiro atoms. The maximum absolute atomic E-state index is 6.00. The second kappa shape index (κ2) is 7.10. The molecule has 21 heavy (non-hydrogen) atoms. The van der Waals surface area contributed by atoms with E-state index in [-0.39, 0.29) is 6.04 Å². The molecule has 0 aliphatic heterocycles. The summed E-state index contributed by atoms with van der Waals surface area (Å²) in [5, 5.41) is 5.56. The summed E-state index contributed by atoms with van der Waals surface area (Å²) in [6, 6.07) is 8.13. The molecule has 2 N–H and O–H groups in total. The Balaban J connectivity index is 2.34. The fraction of sp³-hybridized carbons (Fsp3) is 0.471. The minimum Gasteiger partial charge on any atom is -0.328 e. The summed E-state index contributed by atoms with van der Waals surface area (Å²) < 4.78 is 2.12. The van der Waals surface area contributed by atoms with E-state index < -0.39 is 0 Å². The lowest BCUT2D eigenvalue weighted by Crippen LogP contribution is -2.19. The zero-order valence-electron chi connectivity index (χ0n) is 13.1. The lowest BCUT2D eigenvalue weighted by molar-refractivity contribution is 0.637. The number of nitrogens with zero attached hydrogens (tertiary/aromatic N) is 2. The second-order valence-electron chi connectivity index (χ2n) is 5.54. The van der Waals surface area contributed by atoms with Crippen molar-refractivity contribution in [1.29, 1.82) is 0 Å². The molecule has 0 amide bonds. The van der Waals surface area contributed by atoms with Gasteiger partial charge in [-0.1, -0.05) is 37.6 Å². The molecular weight excluding hydrogens is 282 g/mol. The molecule has 0 fully saturated rings. The van der Waals surface area contributed by atoms with Crippen LogP contribution in [0.4, 0.5) is 0 Å². The van der Waals surface area contributed by atoms with E-state index in [2.05, 4.69) is 37.6 Å². The predicted octanol–water partition coefficient (Wildman–Crippen LogP) is 3.60. The third-order valence-corrected chi connectivity index (χ3v) is 3.94. The van der Waals surface area contributed by atoms with Crippen molar-refractivity contribution in [2.45, 2.75) is 52.6 Å². The number of benzene rings is 1. The summed E-state index contributed by atoms with van der Waals surface area (Å²) in [6.45, 7) is 7.17. The van der Waals surface area contributed by atoms with Gasteiger partial charge in [0.25, 0.3) is 0 Å². The van der Waals surface area contributed by atoms with E-state index in [1.807, 2.05) is 12.1 Å². The van der Waals surface area contributed by atoms with Crippen LogP contribution in [0.3, 0.4) is 0 Å². The predicted molar refractivity (Wildman–Crippen MR) is 88.9 cm³/mol. The van der Waals surface area contributed by atoms with Gasteiger partial charge in [0.1, 0.15) is 0 Å². The van der Waals surface area contributed by atoms with Gasteiger partial charge in [0.2, 0.25) is 0 Å². The van der Waals surface area contributed by atoms with Crippen LogP contribution in [0, 0.1) is 0 Å². The highest BCUT2D eigenvalue weighted by Gasteiger charge is 2.16. The highest BCUT2D eigenvalue weighted by atomic mass is 35.5. The number of aromatic nitrogens is 2. The normalized spacial score (nSPS) is 12.6. The van der Waals surface area contributed by atoms with E-state index in [4.69, 9.17) is 22.4 Å². The molecule has 0 aliphatic rings. The molecular formula is C17H24ClN3. The molecule has 0 aliphatic carbocycles. The number of hydrogen-bond donors (Lipinski definition) is 1. The van der Waals surface area contributed by atoms with Crippen molar-refractivity contribution in [2.75, 3.05) is 0 Å². The number of hydrogen-bond acceptors (Lipinski definition) is 2. The van der Waals surface area contributed by atoms with Gasteiger partial charge in [-0.15, -0.1) is 0 Å². The van der Waals surface area contributed by atoms with Gasteiger partial charge in [-0.2, -0.15) is 5.10 Å². The van der Waals surface area contributed by atoms with Crippen LogP contribution in [0.5, 0.6) is 0 Å². The quantitative estimate of drug-likeness (QED) is 0.886. The van der Waals surface area contributed by atoms with Crippen LogP contribution in [0.25, 0.3) is 0 Å². The number of rotatable bonds is 6. The molecule has 4 heteroatoms. The molecule has 0 saturated heterocycles. The second-order valence-corrected chi connectivity index (χ2v) is 5.98. The highest BCUT2D eigenvalue weighted by Crippen LogP contribution is 2.20. The Kier molecular flexibility index (Phi) is 5.43. The molecule has 2 rings (SSSR count). The van der Waals surface area contributed by atoms with E-state index in [1.54, 1.807) is 0 Å². The van der Waals surface area contributed by atoms with Gasteiger partial charge in [-0.05, 0) is 49.4 Å². The van der Waals surface area contributed by atoms with Gasteiger partial charge in [0.15, 0.2) is 0 Å². The van der Waals surface area contributed by atoms with Crippen molar-refractivity contribution >= 4 is 11.6 Å². The lowest BCUT2D eigenvalue weighted by Gasteiger charge is -2.10. The highest BCUT2D eigenvalue weighted by molar-refractivity contribution is 6.30. The number of aryl methyl sites for hydroxylation is 1. The van der Waals surface area contributed by atoms with Crippen LogP contribution in [0.15, 0.2) is 24.3 Å². The largest absolute Gasteiger partial charge is 0.328 e. The van der Waals surface area contributed by atoms with Gasteiger partial charge >= 0.3 is 0 Å². The molecule has 0 radical (unpaired) electrons. The summed E-state index contributed by atoms with van der Waals surface area (Å²) in [5.74, 6) is 0. The first kappa shape index (κ1) is 16.1. The summed E-state index contributed by atoms with van der Waals surface area (Å²) in [7, 11) is 0. The van der Waals surface area contributed by atoms with E-state index in [1.165, 1.54) is 22.5 Å². The third kappa shape index (κ3) is 3.86. The maximum Gasteiger partial charge on any atom is 0.0662 e. The lowest BCUT2D eigenvalue weighted by atomic mass is 10.0. The molecule has 1 unspecified atom stereocenters. The first-order valence-corrected chi connectivity index (χ1v) is 8.00. The first-order valence-electron chi connectivity index (χ1n) is 7.62. The Morgan fingerprint density at radius 2 is 1.86 bits per heavy atom. The summed E-state index contributed by atoms with van der Waals surface area (Å²) in [6.07, 6.45) is 2.82. The van der Waals surface area contributed by atoms with Gasteiger partial charge in [-0.3, -0.25) is 4.68 Å². The Morgan fingerprint density at radius 1 is 1.19 bits per heavy atom. The van der Waals surface area contributed by atoms with Crippen LogP contribution < -0.4 is 5.73 Å². The van der Waals surface area contributed by atoms with Gasteiger partial charge in [-0.25, -0.2) is 0 Å². The Labute approximate surface area is 132 Å². The Hall–Kier alpha value is -1.32. The molecule has 114 valence electrons. The van der Waals surface area contributed by atoms with Crippen LogP contribution in [0.2, 0.25) is 5.02 Å². The molecule has 1 heterocycles. The first-order chi connectivity index (χ1) is 10.0. The molecule has 0 bridgehead atoms. The van der Waals surface area contributed by atoms with Crippen molar-refractivity contribution in [3.05, 3.63) is 51.8 Å². The Bertz CT molecular complexity index is 585. The summed E-state index contributed by atoms with van der Waals surface area (Å²) >= 11 is 5.95. The van der Waals surface area contributed by atoms with Gasteiger partial charge < -0.3 is 5.73 Å². The van der Waals surface area contributed by atoms with Crippen LogP contribution in [0.1, 0.15) is 43.3 Å². The summed E-state index contributed by atoms with van der Waals surface area (Å²) in [4.78, 5) is 0. The zero-order valence-corrected chi connectivity index (χ0v) is 13.8. The standard InChI is InChI=1S/C17H24ClN3/c1-4-16-15(10-12(3)19)17(5-2)21(20-16)11-13-6-8-14(18)9-7-13/h6-9,12H,4-5,10-11,19H2,1-3H3. The third-order valence-electron chi connectivity index (χ3n) is 3.69. The number of halogens is 1. The SMILES string of the molecule is CCc1nn(Cc2ccc(Cl)cc2)c(CC)c1CC(C)N. The van der Waals surface area contributed by atoms with Crippen LogP contribution in [-0.2, 0) is 25.8 Å². The van der Waals surface area contributed by atoms with Crippen LogP contribution in [-0.4, -0.2) is 15.8 Å². The Morgan fingerprint density at radius 3 is 2.38 bits per heavy atom. The maximum atomic E-state index is 6.00. The van der Waals surface area contributed by atoms with E-state index in [0.717, 1.165) is 30.8 Å². The van der Waals surface area contributed by atoms with E-state index >= 15 is 0 Å². The average Bonchev–Trinajstić information content (AvgIpc) is 2.77. The van der Waals surface area contributed by atoms with Gasteiger partial charge in [0.05, 0.1) is 12.2 Å². The molecule has 1 atom stereocenters. The van der Waals surface area contributed by atoms with Crippen molar-refractivity contribution in [2.24, 2.45) is 5.73 Å². The minimum atomic E-state index is 0.161. The van der Waals surface area contributed by atoms with Crippen molar-refractivity contribution in [1.82, 2.24) is 9.78 Å². The monoisotopic (exact) mass is 305 g/mol. The van der Waals surface area contributed by atoms with Gasteiger partial charge in [0, 0.05) is 16.8 Å². The van der Waals surface area contributed by atoms with Crippen LogP contribution >= 0.6 is 11.6 Å². The van der Waals surface area contributed by atoms with E-state index in [9.17, 15) is 0 Å². The van der Waals surface area contributed by atoms with Crippen molar-refractivity contribution in [3.63, 3.8) is 0 Å². The van der Waals surface area contributed by atoms with Crippen molar-refractivity contribution in [3.8, 4) is 0 Å². The van der Waals surface area contributed by atoms with Crippen molar-refractivity contribution < 1.29 is 0 Å². The smallest absolute Gasteiger partial charge is 0.0662 e. The number of nitrogens with two attached hydrogens (primary N) is 1.